The zero-order valence-corrected chi connectivity index (χ0v) is 19.7. The Morgan fingerprint density at radius 1 is 0.765 bits per heavy atom. The van der Waals surface area contributed by atoms with E-state index < -0.39 is 0 Å². The van der Waals surface area contributed by atoms with Crippen molar-refractivity contribution in [1.29, 1.82) is 0 Å². The molecule has 1 aliphatic heterocycles. The monoisotopic (exact) mass is 455 g/mol. The van der Waals surface area contributed by atoms with Crippen LogP contribution in [0.5, 0.6) is 0 Å². The van der Waals surface area contributed by atoms with Crippen LogP contribution in [-0.4, -0.2) is 42.9 Å². The molecule has 0 radical (unpaired) electrons. The first kappa shape index (κ1) is 23.7. The maximum atomic E-state index is 13.3. The van der Waals surface area contributed by atoms with E-state index in [1.165, 1.54) is 19.3 Å². The number of nitrogens with zero attached hydrogens (tertiary/aromatic N) is 2. The molecule has 0 aliphatic carbocycles. The standard InChI is InChI=1S/C29H33N3O2/c33-28(30-18-21-31-19-8-3-9-20-31)22-24-14-16-27(17-15-24)32(23-25-10-4-1-5-11-25)29(34)26-12-6-2-7-13-26/h1-2,4-7,10-17H,3,8-9,18-23H2,(H,30,33). The molecule has 1 saturated heterocycles. The maximum Gasteiger partial charge on any atom is 0.258 e. The minimum atomic E-state index is -0.0485. The predicted molar refractivity (Wildman–Crippen MR) is 137 cm³/mol. The largest absolute Gasteiger partial charge is 0.355 e. The molecule has 3 aromatic rings. The van der Waals surface area contributed by atoms with E-state index in [-0.39, 0.29) is 11.8 Å². The molecular formula is C29H33N3O2. The van der Waals surface area contributed by atoms with E-state index in [0.29, 0.717) is 25.1 Å². The van der Waals surface area contributed by atoms with Crippen molar-refractivity contribution >= 4 is 17.5 Å². The van der Waals surface area contributed by atoms with Crippen molar-refractivity contribution in [2.24, 2.45) is 0 Å². The molecule has 1 heterocycles. The first-order valence-electron chi connectivity index (χ1n) is 12.2. The summed E-state index contributed by atoms with van der Waals surface area (Å²) in [7, 11) is 0. The molecule has 0 unspecified atom stereocenters. The van der Waals surface area contributed by atoms with Crippen molar-refractivity contribution in [2.45, 2.75) is 32.2 Å². The summed E-state index contributed by atoms with van der Waals surface area (Å²) in [5.74, 6) is -0.0149. The van der Waals surface area contributed by atoms with Crippen LogP contribution in [0.4, 0.5) is 5.69 Å². The Balaban J connectivity index is 1.39. The first-order valence-corrected chi connectivity index (χ1v) is 12.2. The summed E-state index contributed by atoms with van der Waals surface area (Å²) in [6.45, 7) is 4.36. The van der Waals surface area contributed by atoms with Gasteiger partial charge in [0.15, 0.2) is 0 Å². The lowest BCUT2D eigenvalue weighted by Crippen LogP contribution is -2.38. The van der Waals surface area contributed by atoms with Crippen LogP contribution in [0.2, 0.25) is 0 Å². The molecule has 3 aromatic carbocycles. The highest BCUT2D eigenvalue weighted by Crippen LogP contribution is 2.21. The number of anilines is 1. The molecule has 0 atom stereocenters. The van der Waals surface area contributed by atoms with E-state index in [9.17, 15) is 9.59 Å². The Kier molecular flexibility index (Phi) is 8.47. The fraction of sp³-hybridized carbons (Fsp3) is 0.310. The number of carbonyl (C=O) groups excluding carboxylic acids is 2. The van der Waals surface area contributed by atoms with E-state index in [1.54, 1.807) is 4.90 Å². The Morgan fingerprint density at radius 2 is 1.41 bits per heavy atom. The van der Waals surface area contributed by atoms with Crippen LogP contribution in [0.3, 0.4) is 0 Å². The highest BCUT2D eigenvalue weighted by Gasteiger charge is 2.18. The van der Waals surface area contributed by atoms with Crippen molar-refractivity contribution in [3.05, 3.63) is 102 Å². The summed E-state index contributed by atoms with van der Waals surface area (Å²) < 4.78 is 0. The lowest BCUT2D eigenvalue weighted by atomic mass is 10.1. The number of carbonyl (C=O) groups is 2. The third-order valence-electron chi connectivity index (χ3n) is 6.26. The molecule has 176 valence electrons. The summed E-state index contributed by atoms with van der Waals surface area (Å²) in [4.78, 5) is 29.9. The fourth-order valence-electron chi connectivity index (χ4n) is 4.36. The SMILES string of the molecule is O=C(Cc1ccc(N(Cc2ccccc2)C(=O)c2ccccc2)cc1)NCCN1CCCCC1. The highest BCUT2D eigenvalue weighted by atomic mass is 16.2. The molecule has 1 aliphatic rings. The topological polar surface area (TPSA) is 52.7 Å². The third kappa shape index (κ3) is 6.78. The highest BCUT2D eigenvalue weighted by molar-refractivity contribution is 6.06. The van der Waals surface area contributed by atoms with E-state index in [2.05, 4.69) is 10.2 Å². The molecule has 0 saturated carbocycles. The van der Waals surface area contributed by atoms with E-state index in [0.717, 1.165) is 36.4 Å². The average molecular weight is 456 g/mol. The molecule has 0 aromatic heterocycles. The summed E-state index contributed by atoms with van der Waals surface area (Å²) in [6, 6.07) is 27.0. The van der Waals surface area contributed by atoms with Crippen molar-refractivity contribution in [2.75, 3.05) is 31.1 Å². The van der Waals surface area contributed by atoms with Gasteiger partial charge in [0.1, 0.15) is 0 Å². The normalized spacial score (nSPS) is 13.9. The maximum absolute atomic E-state index is 13.3. The van der Waals surface area contributed by atoms with Gasteiger partial charge in [-0.2, -0.15) is 0 Å². The minimum Gasteiger partial charge on any atom is -0.355 e. The third-order valence-corrected chi connectivity index (χ3v) is 6.26. The van der Waals surface area contributed by atoms with Gasteiger partial charge >= 0.3 is 0 Å². The van der Waals surface area contributed by atoms with Gasteiger partial charge in [-0.25, -0.2) is 0 Å². The fourth-order valence-corrected chi connectivity index (χ4v) is 4.36. The molecule has 4 rings (SSSR count). The zero-order chi connectivity index (χ0) is 23.6. The van der Waals surface area contributed by atoms with Gasteiger partial charge in [-0.3, -0.25) is 9.59 Å². The van der Waals surface area contributed by atoms with Crippen LogP contribution in [0.1, 0.15) is 40.7 Å². The molecule has 2 amide bonds. The number of nitrogens with one attached hydrogen (secondary N) is 1. The minimum absolute atomic E-state index is 0.0336. The Bertz CT molecular complexity index is 1050. The van der Waals surface area contributed by atoms with Crippen molar-refractivity contribution in [3.8, 4) is 0 Å². The number of likely N-dealkylation sites (tertiary alicyclic amines) is 1. The Hall–Kier alpha value is -3.44. The Morgan fingerprint density at radius 3 is 2.09 bits per heavy atom. The number of hydrogen-bond donors (Lipinski definition) is 1. The molecule has 34 heavy (non-hydrogen) atoms. The molecule has 1 N–H and O–H groups in total. The second-order valence-electron chi connectivity index (χ2n) is 8.84. The van der Waals surface area contributed by atoms with Crippen LogP contribution in [0.25, 0.3) is 0 Å². The van der Waals surface area contributed by atoms with Gasteiger partial charge in [-0.05, 0) is 61.3 Å². The van der Waals surface area contributed by atoms with Crippen LogP contribution in [0, 0.1) is 0 Å². The summed E-state index contributed by atoms with van der Waals surface area (Å²) >= 11 is 0. The van der Waals surface area contributed by atoms with E-state index >= 15 is 0 Å². The van der Waals surface area contributed by atoms with Crippen LogP contribution in [0.15, 0.2) is 84.9 Å². The summed E-state index contributed by atoms with van der Waals surface area (Å²) in [5, 5.41) is 3.04. The van der Waals surface area contributed by atoms with Crippen LogP contribution < -0.4 is 10.2 Å². The van der Waals surface area contributed by atoms with Gasteiger partial charge in [0.05, 0.1) is 13.0 Å². The van der Waals surface area contributed by atoms with Gasteiger partial charge in [-0.1, -0.05) is 67.1 Å². The molecule has 0 bridgehead atoms. The number of rotatable bonds is 9. The van der Waals surface area contributed by atoms with E-state index in [1.807, 2.05) is 84.9 Å². The van der Waals surface area contributed by atoms with Crippen LogP contribution >= 0.6 is 0 Å². The van der Waals surface area contributed by atoms with Crippen LogP contribution in [-0.2, 0) is 17.8 Å². The molecule has 1 fully saturated rings. The van der Waals surface area contributed by atoms with E-state index in [4.69, 9.17) is 0 Å². The molecule has 5 nitrogen and oxygen atoms in total. The second kappa shape index (κ2) is 12.1. The quantitative estimate of drug-likeness (QED) is 0.510. The van der Waals surface area contributed by atoms with Crippen molar-refractivity contribution in [3.63, 3.8) is 0 Å². The lowest BCUT2D eigenvalue weighted by Gasteiger charge is -2.26. The van der Waals surface area contributed by atoms with Gasteiger partial charge in [0, 0.05) is 24.3 Å². The second-order valence-corrected chi connectivity index (χ2v) is 8.84. The van der Waals surface area contributed by atoms with Gasteiger partial charge < -0.3 is 15.1 Å². The number of benzene rings is 3. The summed E-state index contributed by atoms with van der Waals surface area (Å²) in [6.07, 6.45) is 4.17. The first-order chi connectivity index (χ1) is 16.7. The number of piperidine rings is 1. The zero-order valence-electron chi connectivity index (χ0n) is 19.7. The van der Waals surface area contributed by atoms with Gasteiger partial charge in [0.25, 0.3) is 5.91 Å². The average Bonchev–Trinajstić information content (AvgIpc) is 2.89. The lowest BCUT2D eigenvalue weighted by molar-refractivity contribution is -0.120. The molecular weight excluding hydrogens is 422 g/mol. The molecule has 5 heteroatoms. The predicted octanol–water partition coefficient (Wildman–Crippen LogP) is 4.68. The summed E-state index contributed by atoms with van der Waals surface area (Å²) in [5.41, 5.74) is 3.46. The van der Waals surface area contributed by atoms with Gasteiger partial charge in [-0.15, -0.1) is 0 Å². The Labute approximate surface area is 202 Å². The number of hydrogen-bond acceptors (Lipinski definition) is 3. The smallest absolute Gasteiger partial charge is 0.258 e. The molecule has 0 spiro atoms. The number of amides is 2. The van der Waals surface area contributed by atoms with Crippen molar-refractivity contribution < 1.29 is 9.59 Å². The van der Waals surface area contributed by atoms with Gasteiger partial charge in [0.2, 0.25) is 5.91 Å². The van der Waals surface area contributed by atoms with Crippen molar-refractivity contribution in [1.82, 2.24) is 10.2 Å².